The van der Waals surface area contributed by atoms with E-state index in [0.29, 0.717) is 36.5 Å². The van der Waals surface area contributed by atoms with Crippen LogP contribution < -0.4 is 0 Å². The van der Waals surface area contributed by atoms with Crippen molar-refractivity contribution in [1.29, 1.82) is 0 Å². The molecule has 0 saturated heterocycles. The highest BCUT2D eigenvalue weighted by Crippen LogP contribution is 2.78. The molecule has 2 unspecified atom stereocenters. The summed E-state index contributed by atoms with van der Waals surface area (Å²) in [5.41, 5.74) is -3.80. The number of aliphatic hydroxyl groups is 1. The van der Waals surface area contributed by atoms with Crippen molar-refractivity contribution in [2.24, 2.45) is 62.6 Å². The maximum atomic E-state index is 13.2. The second kappa shape index (κ2) is 9.68. The normalized spacial score (nSPS) is 52.2. The van der Waals surface area contributed by atoms with Crippen molar-refractivity contribution in [3.05, 3.63) is 0 Å². The van der Waals surface area contributed by atoms with Gasteiger partial charge in [0.15, 0.2) is 0 Å². The number of ether oxygens (including phenoxy) is 1. The molecular formula is C34H53ClO6. The van der Waals surface area contributed by atoms with Crippen LogP contribution in [-0.2, 0) is 19.1 Å². The molecule has 41 heavy (non-hydrogen) atoms. The van der Waals surface area contributed by atoms with Gasteiger partial charge < -0.3 is 14.9 Å². The molecule has 0 heterocycles. The SMILES string of the molecule is CC(=O)OC1CC(C)(C)[C@@H]2CC[C@]3(C)[C@H](CC[C@@H]4[C@@H]5[C@@H](C)[C@H](C)CC[C@]5(CC(=O)Cl)CC[C@]43C)[C@@]2(C)C1(O)C(=O)O. The summed E-state index contributed by atoms with van der Waals surface area (Å²) in [5, 5.41) is 23.0. The minimum atomic E-state index is -2.18. The van der Waals surface area contributed by atoms with Gasteiger partial charge in [0.05, 0.1) is 0 Å². The van der Waals surface area contributed by atoms with Crippen molar-refractivity contribution in [3.8, 4) is 0 Å². The van der Waals surface area contributed by atoms with Gasteiger partial charge in [-0.1, -0.05) is 48.5 Å². The highest BCUT2D eigenvalue weighted by molar-refractivity contribution is 6.63. The van der Waals surface area contributed by atoms with Crippen molar-refractivity contribution in [1.82, 2.24) is 0 Å². The van der Waals surface area contributed by atoms with E-state index in [1.165, 1.54) is 6.92 Å². The number of rotatable bonds is 4. The minimum Gasteiger partial charge on any atom is -0.479 e. The second-order valence-corrected chi connectivity index (χ2v) is 17.0. The summed E-state index contributed by atoms with van der Waals surface area (Å²) in [6.07, 6.45) is 7.39. The molecule has 5 aliphatic carbocycles. The fourth-order valence-corrected chi connectivity index (χ4v) is 13.1. The van der Waals surface area contributed by atoms with E-state index < -0.39 is 29.1 Å². The van der Waals surface area contributed by atoms with Gasteiger partial charge in [0, 0.05) is 18.8 Å². The zero-order valence-electron chi connectivity index (χ0n) is 26.5. The van der Waals surface area contributed by atoms with E-state index in [2.05, 4.69) is 41.5 Å². The van der Waals surface area contributed by atoms with Crippen LogP contribution in [0.1, 0.15) is 120 Å². The van der Waals surface area contributed by atoms with Crippen LogP contribution in [-0.4, -0.2) is 39.1 Å². The first-order valence-electron chi connectivity index (χ1n) is 16.1. The highest BCUT2D eigenvalue weighted by atomic mass is 35.5. The standard InChI is InChI=1S/C34H53ClO6/c1-19-11-14-33(18-26(35)37)16-15-30(6)22(27(33)20(19)2)9-10-24-31(30,7)13-12-23-29(4,5)17-25(41-21(3)36)34(40,28(38)39)32(23,24)8/h19-20,22-25,27,40H,9-18H2,1-8H3,(H,38,39)/t19-,20+,22-,23+,24+,25?,27+,30-,31-,32+,33-,34?/m1/s1. The lowest BCUT2D eigenvalue weighted by Crippen LogP contribution is -2.77. The average molecular weight is 593 g/mol. The molecule has 0 amide bonds. The molecule has 0 bridgehead atoms. The Hall–Kier alpha value is -1.14. The Kier molecular flexibility index (Phi) is 7.39. The smallest absolute Gasteiger partial charge is 0.340 e. The third-order valence-electron chi connectivity index (χ3n) is 15.0. The van der Waals surface area contributed by atoms with Gasteiger partial charge in [-0.15, -0.1) is 0 Å². The molecule has 2 N–H and O–H groups in total. The first-order valence-corrected chi connectivity index (χ1v) is 16.5. The zero-order chi connectivity index (χ0) is 30.6. The Morgan fingerprint density at radius 1 is 0.878 bits per heavy atom. The predicted octanol–water partition coefficient (Wildman–Crippen LogP) is 7.24. The van der Waals surface area contributed by atoms with E-state index >= 15 is 0 Å². The van der Waals surface area contributed by atoms with Crippen LogP contribution in [0, 0.1) is 62.6 Å². The van der Waals surface area contributed by atoms with E-state index in [0.717, 1.165) is 51.4 Å². The van der Waals surface area contributed by atoms with Crippen LogP contribution in [0.3, 0.4) is 0 Å². The lowest BCUT2D eigenvalue weighted by molar-refractivity contribution is -0.312. The number of hydrogen-bond acceptors (Lipinski definition) is 5. The highest BCUT2D eigenvalue weighted by Gasteiger charge is 2.77. The number of carboxylic acids is 1. The van der Waals surface area contributed by atoms with Crippen LogP contribution in [0.15, 0.2) is 0 Å². The molecule has 5 rings (SSSR count). The lowest BCUT2D eigenvalue weighted by Gasteiger charge is -2.75. The zero-order valence-corrected chi connectivity index (χ0v) is 27.3. The van der Waals surface area contributed by atoms with E-state index in [1.54, 1.807) is 0 Å². The second-order valence-electron chi connectivity index (χ2n) is 16.6. The van der Waals surface area contributed by atoms with Gasteiger partial charge in [-0.2, -0.15) is 0 Å². The van der Waals surface area contributed by atoms with Gasteiger partial charge >= 0.3 is 11.9 Å². The van der Waals surface area contributed by atoms with Crippen molar-refractivity contribution < 1.29 is 29.3 Å². The van der Waals surface area contributed by atoms with Crippen molar-refractivity contribution in [2.75, 3.05) is 0 Å². The number of carboxylic acid groups (broad SMARTS) is 1. The molecule has 0 aromatic carbocycles. The number of hydrogen-bond donors (Lipinski definition) is 2. The summed E-state index contributed by atoms with van der Waals surface area (Å²) in [5.74, 6) is -0.0367. The molecule has 0 aliphatic heterocycles. The predicted molar refractivity (Wildman–Crippen MR) is 158 cm³/mol. The number of aliphatic carboxylic acids is 1. The van der Waals surface area contributed by atoms with Crippen LogP contribution in [0.5, 0.6) is 0 Å². The molecule has 7 heteroatoms. The summed E-state index contributed by atoms with van der Waals surface area (Å²) < 4.78 is 5.69. The van der Waals surface area contributed by atoms with Gasteiger partial charge in [-0.05, 0) is 127 Å². The summed E-state index contributed by atoms with van der Waals surface area (Å²) in [7, 11) is 0. The Bertz CT molecular complexity index is 1120. The van der Waals surface area contributed by atoms with Gasteiger partial charge in [0.25, 0.3) is 0 Å². The Morgan fingerprint density at radius 2 is 1.54 bits per heavy atom. The van der Waals surface area contributed by atoms with Gasteiger partial charge in [-0.3, -0.25) is 9.59 Å². The van der Waals surface area contributed by atoms with E-state index in [1.807, 2.05) is 6.92 Å². The number of esters is 1. The topological polar surface area (TPSA) is 101 Å². The fourth-order valence-electron chi connectivity index (χ4n) is 12.8. The molecule has 5 fully saturated rings. The van der Waals surface area contributed by atoms with Gasteiger partial charge in [-0.25, -0.2) is 4.79 Å². The van der Waals surface area contributed by atoms with E-state index in [9.17, 15) is 24.6 Å². The number of halogens is 1. The summed E-state index contributed by atoms with van der Waals surface area (Å²) >= 11 is 6.13. The average Bonchev–Trinajstić information content (AvgIpc) is 2.84. The van der Waals surface area contributed by atoms with Gasteiger partial charge in [0.1, 0.15) is 6.10 Å². The monoisotopic (exact) mass is 592 g/mol. The Balaban J connectivity index is 1.64. The van der Waals surface area contributed by atoms with E-state index in [-0.39, 0.29) is 38.7 Å². The number of carbonyl (C=O) groups is 3. The van der Waals surface area contributed by atoms with Crippen molar-refractivity contribution >= 4 is 28.8 Å². The maximum absolute atomic E-state index is 13.2. The first kappa shape index (κ1) is 31.3. The molecular weight excluding hydrogens is 540 g/mol. The Morgan fingerprint density at radius 3 is 2.12 bits per heavy atom. The molecule has 6 nitrogen and oxygen atoms in total. The largest absolute Gasteiger partial charge is 0.479 e. The van der Waals surface area contributed by atoms with Crippen LogP contribution in [0.25, 0.3) is 0 Å². The molecule has 12 atom stereocenters. The summed E-state index contributed by atoms with van der Waals surface area (Å²) in [6, 6.07) is 0. The van der Waals surface area contributed by atoms with Gasteiger partial charge in [0.2, 0.25) is 10.8 Å². The molecule has 5 saturated carbocycles. The lowest BCUT2D eigenvalue weighted by atomic mass is 9.29. The summed E-state index contributed by atoms with van der Waals surface area (Å²) in [6.45, 7) is 17.2. The summed E-state index contributed by atoms with van der Waals surface area (Å²) in [4.78, 5) is 37.9. The third kappa shape index (κ3) is 4.00. The molecule has 0 spiro atoms. The van der Waals surface area contributed by atoms with E-state index in [4.69, 9.17) is 16.3 Å². The first-order chi connectivity index (χ1) is 18.8. The maximum Gasteiger partial charge on any atom is 0.340 e. The molecule has 232 valence electrons. The van der Waals surface area contributed by atoms with Crippen LogP contribution in [0.2, 0.25) is 0 Å². The molecule has 5 aliphatic rings. The molecule has 0 radical (unpaired) electrons. The fraction of sp³-hybridized carbons (Fsp3) is 0.912. The molecule has 0 aromatic heterocycles. The van der Waals surface area contributed by atoms with Crippen LogP contribution >= 0.6 is 11.6 Å². The quantitative estimate of drug-likeness (QED) is 0.264. The van der Waals surface area contributed by atoms with Crippen molar-refractivity contribution in [3.63, 3.8) is 0 Å². The minimum absolute atomic E-state index is 0.0219. The Labute approximate surface area is 251 Å². The van der Waals surface area contributed by atoms with Crippen molar-refractivity contribution in [2.45, 2.75) is 131 Å². The third-order valence-corrected chi connectivity index (χ3v) is 15.1. The van der Waals surface area contributed by atoms with Crippen LogP contribution in [0.4, 0.5) is 0 Å². The number of fused-ring (bicyclic) bond motifs is 7. The number of carbonyl (C=O) groups excluding carboxylic acids is 2. The molecule has 0 aromatic rings.